The highest BCUT2D eigenvalue weighted by atomic mass is 32.1. The third kappa shape index (κ3) is 2.17. The Morgan fingerprint density at radius 1 is 1.18 bits per heavy atom. The number of nitrogens with two attached hydrogens (primary N) is 2. The predicted octanol–water partition coefficient (Wildman–Crippen LogP) is 2.76. The van der Waals surface area contributed by atoms with Gasteiger partial charge in [0.2, 0.25) is 5.78 Å². The van der Waals surface area contributed by atoms with Crippen molar-refractivity contribution >= 4 is 28.5 Å². The topological polar surface area (TPSA) is 69.1 Å². The molecule has 1 heterocycles. The maximum absolute atomic E-state index is 12.3. The molecular formula is C13H14N2OS. The van der Waals surface area contributed by atoms with Crippen molar-refractivity contribution in [2.45, 2.75) is 13.8 Å². The maximum atomic E-state index is 12.3. The van der Waals surface area contributed by atoms with Gasteiger partial charge in [-0.1, -0.05) is 0 Å². The number of nitrogen functional groups attached to an aromatic ring is 2. The first-order chi connectivity index (χ1) is 7.99. The highest BCUT2D eigenvalue weighted by Crippen LogP contribution is 2.26. The van der Waals surface area contributed by atoms with Crippen LogP contribution >= 0.6 is 11.3 Å². The molecule has 0 saturated heterocycles. The van der Waals surface area contributed by atoms with Crippen LogP contribution in [0.1, 0.15) is 25.7 Å². The molecule has 1 aromatic carbocycles. The second kappa shape index (κ2) is 4.22. The number of benzene rings is 1. The van der Waals surface area contributed by atoms with Crippen LogP contribution < -0.4 is 11.5 Å². The molecule has 0 fully saturated rings. The van der Waals surface area contributed by atoms with Crippen LogP contribution in [0, 0.1) is 13.8 Å². The summed E-state index contributed by atoms with van der Waals surface area (Å²) in [6.07, 6.45) is 0. The molecule has 0 aliphatic carbocycles. The average Bonchev–Trinajstić information content (AvgIpc) is 2.57. The zero-order chi connectivity index (χ0) is 12.6. The van der Waals surface area contributed by atoms with Gasteiger partial charge in [0.15, 0.2) is 0 Å². The zero-order valence-electron chi connectivity index (χ0n) is 9.78. The van der Waals surface area contributed by atoms with E-state index in [2.05, 4.69) is 0 Å². The summed E-state index contributed by atoms with van der Waals surface area (Å²) in [6.45, 7) is 3.92. The standard InChI is InChI=1S/C13H14N2OS/c1-7-5-8(2)17-13(7)12(16)10-4-3-9(14)6-11(10)15/h3-6H,14-15H2,1-2H3. The van der Waals surface area contributed by atoms with E-state index < -0.39 is 0 Å². The van der Waals surface area contributed by atoms with Gasteiger partial charge < -0.3 is 11.5 Å². The number of hydrogen-bond acceptors (Lipinski definition) is 4. The molecule has 0 atom stereocenters. The highest BCUT2D eigenvalue weighted by molar-refractivity contribution is 7.14. The molecule has 1 aromatic heterocycles. The van der Waals surface area contributed by atoms with Gasteiger partial charge in [-0.25, -0.2) is 0 Å². The van der Waals surface area contributed by atoms with Gasteiger partial charge in [-0.15, -0.1) is 11.3 Å². The lowest BCUT2D eigenvalue weighted by atomic mass is 10.0. The Labute approximate surface area is 104 Å². The number of hydrogen-bond donors (Lipinski definition) is 2. The summed E-state index contributed by atoms with van der Waals surface area (Å²) in [6, 6.07) is 7.00. The van der Waals surface area contributed by atoms with Crippen molar-refractivity contribution in [3.05, 3.63) is 45.1 Å². The Balaban J connectivity index is 2.47. The zero-order valence-corrected chi connectivity index (χ0v) is 10.6. The van der Waals surface area contributed by atoms with Crippen molar-refractivity contribution in [2.75, 3.05) is 11.5 Å². The van der Waals surface area contributed by atoms with Crippen molar-refractivity contribution < 1.29 is 4.79 Å². The van der Waals surface area contributed by atoms with Gasteiger partial charge in [-0.2, -0.15) is 0 Å². The lowest BCUT2D eigenvalue weighted by Gasteiger charge is -2.05. The number of carbonyl (C=O) groups excluding carboxylic acids is 1. The van der Waals surface area contributed by atoms with Crippen LogP contribution in [0.15, 0.2) is 24.3 Å². The largest absolute Gasteiger partial charge is 0.399 e. The Hall–Kier alpha value is -1.81. The van der Waals surface area contributed by atoms with Crippen molar-refractivity contribution in [3.8, 4) is 0 Å². The molecule has 4 N–H and O–H groups in total. The Morgan fingerprint density at radius 3 is 2.41 bits per heavy atom. The number of carbonyl (C=O) groups is 1. The van der Waals surface area contributed by atoms with E-state index in [9.17, 15) is 4.79 Å². The predicted molar refractivity (Wildman–Crippen MR) is 72.5 cm³/mol. The molecule has 4 heteroatoms. The van der Waals surface area contributed by atoms with E-state index in [1.807, 2.05) is 19.9 Å². The third-order valence-corrected chi connectivity index (χ3v) is 3.72. The molecular weight excluding hydrogens is 232 g/mol. The second-order valence-corrected chi connectivity index (χ2v) is 5.30. The van der Waals surface area contributed by atoms with Gasteiger partial charge in [0.05, 0.1) is 4.88 Å². The molecule has 0 amide bonds. The summed E-state index contributed by atoms with van der Waals surface area (Å²) in [5.41, 5.74) is 13.9. The van der Waals surface area contributed by atoms with E-state index in [0.717, 1.165) is 15.3 Å². The van der Waals surface area contributed by atoms with Gasteiger partial charge in [0.25, 0.3) is 0 Å². The van der Waals surface area contributed by atoms with Gasteiger partial charge in [-0.05, 0) is 43.7 Å². The van der Waals surface area contributed by atoms with Crippen LogP contribution in [0.2, 0.25) is 0 Å². The molecule has 2 aromatic rings. The molecule has 88 valence electrons. The van der Waals surface area contributed by atoms with Crippen molar-refractivity contribution in [1.82, 2.24) is 0 Å². The van der Waals surface area contributed by atoms with Gasteiger partial charge in [-0.3, -0.25) is 4.79 Å². The fourth-order valence-electron chi connectivity index (χ4n) is 1.78. The Kier molecular flexibility index (Phi) is 2.90. The van der Waals surface area contributed by atoms with E-state index in [0.29, 0.717) is 16.9 Å². The van der Waals surface area contributed by atoms with Gasteiger partial charge in [0, 0.05) is 21.8 Å². The van der Waals surface area contributed by atoms with Crippen LogP contribution in [0.25, 0.3) is 0 Å². The van der Waals surface area contributed by atoms with E-state index in [1.165, 1.54) is 11.3 Å². The monoisotopic (exact) mass is 246 g/mol. The van der Waals surface area contributed by atoms with Crippen molar-refractivity contribution in [2.24, 2.45) is 0 Å². The van der Waals surface area contributed by atoms with E-state index in [4.69, 9.17) is 11.5 Å². The summed E-state index contributed by atoms with van der Waals surface area (Å²) < 4.78 is 0. The minimum absolute atomic E-state index is 0.0295. The van der Waals surface area contributed by atoms with Crippen LogP contribution in [0.5, 0.6) is 0 Å². The first-order valence-electron chi connectivity index (χ1n) is 5.26. The molecule has 17 heavy (non-hydrogen) atoms. The smallest absolute Gasteiger partial charge is 0.205 e. The number of anilines is 2. The van der Waals surface area contributed by atoms with Crippen molar-refractivity contribution in [3.63, 3.8) is 0 Å². The Morgan fingerprint density at radius 2 is 1.88 bits per heavy atom. The number of thiophene rings is 1. The Bertz CT molecular complexity index is 587. The van der Waals surface area contributed by atoms with Crippen LogP contribution in [0.3, 0.4) is 0 Å². The lowest BCUT2D eigenvalue weighted by molar-refractivity contribution is 0.104. The van der Waals surface area contributed by atoms with E-state index >= 15 is 0 Å². The van der Waals surface area contributed by atoms with Crippen molar-refractivity contribution in [1.29, 1.82) is 0 Å². The third-order valence-electron chi connectivity index (χ3n) is 2.57. The summed E-state index contributed by atoms with van der Waals surface area (Å²) in [5, 5.41) is 0. The highest BCUT2D eigenvalue weighted by Gasteiger charge is 2.16. The van der Waals surface area contributed by atoms with Gasteiger partial charge in [0.1, 0.15) is 0 Å². The maximum Gasteiger partial charge on any atom is 0.205 e. The molecule has 0 aliphatic rings. The summed E-state index contributed by atoms with van der Waals surface area (Å²) >= 11 is 1.49. The van der Waals surface area contributed by atoms with Crippen LogP contribution in [-0.4, -0.2) is 5.78 Å². The van der Waals surface area contributed by atoms with E-state index in [1.54, 1.807) is 18.2 Å². The molecule has 0 aliphatic heterocycles. The second-order valence-electron chi connectivity index (χ2n) is 4.04. The number of aryl methyl sites for hydroxylation is 2. The van der Waals surface area contributed by atoms with Gasteiger partial charge >= 0.3 is 0 Å². The number of ketones is 1. The molecule has 0 spiro atoms. The summed E-state index contributed by atoms with van der Waals surface area (Å²) in [7, 11) is 0. The van der Waals surface area contributed by atoms with Crippen LogP contribution in [0.4, 0.5) is 11.4 Å². The quantitative estimate of drug-likeness (QED) is 0.632. The molecule has 0 saturated carbocycles. The first kappa shape index (κ1) is 11.7. The summed E-state index contributed by atoms with van der Waals surface area (Å²) in [4.78, 5) is 14.2. The summed E-state index contributed by atoms with van der Waals surface area (Å²) in [5.74, 6) is -0.0295. The fraction of sp³-hybridized carbons (Fsp3) is 0.154. The van der Waals surface area contributed by atoms with Crippen LogP contribution in [-0.2, 0) is 0 Å². The fourth-order valence-corrected chi connectivity index (χ4v) is 2.76. The normalized spacial score (nSPS) is 10.5. The van der Waals surface area contributed by atoms with E-state index in [-0.39, 0.29) is 5.78 Å². The molecule has 0 radical (unpaired) electrons. The molecule has 0 bridgehead atoms. The molecule has 3 nitrogen and oxygen atoms in total. The minimum atomic E-state index is -0.0295. The average molecular weight is 246 g/mol. The number of rotatable bonds is 2. The molecule has 0 unspecified atom stereocenters. The first-order valence-corrected chi connectivity index (χ1v) is 6.07. The molecule has 2 rings (SSSR count). The lowest BCUT2D eigenvalue weighted by Crippen LogP contribution is -2.05. The minimum Gasteiger partial charge on any atom is -0.399 e. The SMILES string of the molecule is Cc1cc(C)c(C(=O)c2ccc(N)cc2N)s1.